The van der Waals surface area contributed by atoms with Gasteiger partial charge in [0.25, 0.3) is 5.91 Å². The summed E-state index contributed by atoms with van der Waals surface area (Å²) >= 11 is 0. The number of ether oxygens (including phenoxy) is 2. The van der Waals surface area contributed by atoms with E-state index in [0.29, 0.717) is 29.2 Å². The van der Waals surface area contributed by atoms with Crippen molar-refractivity contribution in [2.45, 2.75) is 31.2 Å². The average Bonchev–Trinajstić information content (AvgIpc) is 3.01. The van der Waals surface area contributed by atoms with Gasteiger partial charge in [0.15, 0.2) is 11.5 Å². The van der Waals surface area contributed by atoms with E-state index in [1.54, 1.807) is 43.3 Å². The van der Waals surface area contributed by atoms with Gasteiger partial charge in [0.1, 0.15) is 16.7 Å². The summed E-state index contributed by atoms with van der Waals surface area (Å²) in [5, 5.41) is -0.997. The molecule has 0 saturated heterocycles. The molecule has 0 saturated carbocycles. The summed E-state index contributed by atoms with van der Waals surface area (Å²) in [5.41, 5.74) is 6.74. The maximum Gasteiger partial charge on any atom is 0.256 e. The van der Waals surface area contributed by atoms with Gasteiger partial charge in [-0.25, -0.2) is 8.42 Å². The fourth-order valence-corrected chi connectivity index (χ4v) is 4.32. The molecule has 8 nitrogen and oxygen atoms in total. The molecule has 1 aliphatic heterocycles. The van der Waals surface area contributed by atoms with Crippen molar-refractivity contribution in [3.05, 3.63) is 59.2 Å². The monoisotopic (exact) mass is 431 g/mol. The van der Waals surface area contributed by atoms with Gasteiger partial charge in [-0.15, -0.1) is 0 Å². The minimum absolute atomic E-state index is 0.207. The second-order valence-corrected chi connectivity index (χ2v) is 8.22. The van der Waals surface area contributed by atoms with E-state index in [0.717, 1.165) is 0 Å². The van der Waals surface area contributed by atoms with E-state index < -0.39 is 39.9 Å². The number of carbonyl (C=O) groups excluding carboxylic acids is 2. The van der Waals surface area contributed by atoms with Crippen molar-refractivity contribution in [2.75, 3.05) is 13.7 Å². The van der Waals surface area contributed by atoms with E-state index in [-0.39, 0.29) is 5.56 Å². The Kier molecular flexibility index (Phi) is 6.31. The van der Waals surface area contributed by atoms with Crippen LogP contribution in [0.2, 0.25) is 0 Å². The fraction of sp³-hybridized carbons (Fsp3) is 0.333. The number of carbonyl (C=O) groups is 2. The molecule has 0 bridgehead atoms. The van der Waals surface area contributed by atoms with E-state index in [9.17, 15) is 18.0 Å². The highest BCUT2D eigenvalue weighted by molar-refractivity contribution is 7.73. The second-order valence-electron chi connectivity index (χ2n) is 6.83. The van der Waals surface area contributed by atoms with Gasteiger partial charge in [0.05, 0.1) is 30.6 Å². The third-order valence-electron chi connectivity index (χ3n) is 5.10. The summed E-state index contributed by atoms with van der Waals surface area (Å²) < 4.78 is 34.9. The highest BCUT2D eigenvalue weighted by atomic mass is 32.2. The van der Waals surface area contributed by atoms with Crippen LogP contribution in [0, 0.1) is 6.07 Å². The Labute approximate surface area is 176 Å². The largest absolute Gasteiger partial charge is 0.493 e. The van der Waals surface area contributed by atoms with Crippen LogP contribution < -0.4 is 15.2 Å². The van der Waals surface area contributed by atoms with Gasteiger partial charge in [0.2, 0.25) is 5.91 Å². The maximum atomic E-state index is 13.2. The molecule has 159 valence electrons. The zero-order valence-corrected chi connectivity index (χ0v) is 17.7. The molecule has 1 aliphatic rings. The number of nitrogens with two attached hydrogens (primary N) is 1. The van der Waals surface area contributed by atoms with Gasteiger partial charge in [-0.05, 0) is 43.2 Å². The van der Waals surface area contributed by atoms with E-state index in [1.807, 2.05) is 0 Å². The Bertz CT molecular complexity index is 1040. The van der Waals surface area contributed by atoms with Crippen LogP contribution in [-0.2, 0) is 15.5 Å². The van der Waals surface area contributed by atoms with Crippen molar-refractivity contribution in [1.82, 2.24) is 4.90 Å². The molecule has 2 aromatic carbocycles. The number of benzene rings is 2. The maximum absolute atomic E-state index is 13.2. The highest BCUT2D eigenvalue weighted by Crippen LogP contribution is 2.43. The van der Waals surface area contributed by atoms with E-state index in [2.05, 4.69) is 6.07 Å². The summed E-state index contributed by atoms with van der Waals surface area (Å²) in [7, 11) is -1.44. The molecule has 0 aliphatic carbocycles. The summed E-state index contributed by atoms with van der Waals surface area (Å²) in [6.07, 6.45) is 0. The number of primary amides is 1. The Hall–Kier alpha value is -3.07. The van der Waals surface area contributed by atoms with Gasteiger partial charge < -0.3 is 20.1 Å². The number of rotatable bonds is 8. The fourth-order valence-electron chi connectivity index (χ4n) is 3.77. The van der Waals surface area contributed by atoms with Crippen molar-refractivity contribution >= 4 is 22.5 Å². The van der Waals surface area contributed by atoms with Crippen LogP contribution in [0.4, 0.5) is 0 Å². The molecule has 0 aromatic heterocycles. The lowest BCUT2D eigenvalue weighted by atomic mass is 9.99. The third-order valence-corrected chi connectivity index (χ3v) is 6.04. The minimum Gasteiger partial charge on any atom is -0.493 e. The third kappa shape index (κ3) is 3.72. The lowest BCUT2D eigenvalue weighted by Crippen LogP contribution is -2.43. The molecule has 3 rings (SSSR count). The van der Waals surface area contributed by atoms with E-state index >= 15 is 0 Å². The number of thiol groups is 1. The molecule has 3 atom stereocenters. The van der Waals surface area contributed by atoms with Crippen LogP contribution in [0.3, 0.4) is 0 Å². The molecule has 2 N–H and O–H groups in total. The Balaban J connectivity index is 2.19. The summed E-state index contributed by atoms with van der Waals surface area (Å²) in [6.45, 7) is 3.65. The predicted octanol–water partition coefficient (Wildman–Crippen LogP) is 1.62. The van der Waals surface area contributed by atoms with Crippen molar-refractivity contribution < 1.29 is 27.5 Å². The first kappa shape index (κ1) is 21.6. The summed E-state index contributed by atoms with van der Waals surface area (Å²) in [5.74, 6) is -0.382. The number of fused-ring (bicyclic) bond motifs is 1. The molecule has 2 unspecified atom stereocenters. The Morgan fingerprint density at radius 2 is 2.03 bits per heavy atom. The van der Waals surface area contributed by atoms with Gasteiger partial charge >= 0.3 is 0 Å². The molecule has 2 amide bonds. The number of amides is 2. The number of nitrogens with zero attached hydrogens (tertiary/aromatic N) is 1. The van der Waals surface area contributed by atoms with Crippen LogP contribution in [0.5, 0.6) is 11.5 Å². The first-order valence-electron chi connectivity index (χ1n) is 9.38. The quantitative estimate of drug-likeness (QED) is 0.614. The highest BCUT2D eigenvalue weighted by Gasteiger charge is 2.46. The van der Waals surface area contributed by atoms with Gasteiger partial charge in [-0.3, -0.25) is 9.59 Å². The standard InChI is InChI=1S/C21H23N2O6S/c1-4-29-17-11-13(9-10-16(17)28-3)18(12(2)30(26)27)23-19(20(22)24)14-7-5-6-8-15(14)21(23)25/h5-7,9-12,18-19,30H,4H2,1-3H3,(H2,22,24)/t12?,18-,19?/m1/s1. The lowest BCUT2D eigenvalue weighted by Gasteiger charge is -2.34. The zero-order valence-electron chi connectivity index (χ0n) is 16.8. The molecule has 0 spiro atoms. The van der Waals surface area contributed by atoms with Crippen molar-refractivity contribution in [3.8, 4) is 11.5 Å². The minimum atomic E-state index is -2.93. The molecular formula is C21H23N2O6S. The molecular weight excluding hydrogens is 408 g/mol. The first-order chi connectivity index (χ1) is 14.3. The van der Waals surface area contributed by atoms with E-state index in [4.69, 9.17) is 15.2 Å². The molecule has 2 aromatic rings. The molecule has 1 heterocycles. The van der Waals surface area contributed by atoms with Crippen LogP contribution >= 0.6 is 0 Å². The van der Waals surface area contributed by atoms with Gasteiger partial charge in [0, 0.05) is 0 Å². The smallest absolute Gasteiger partial charge is 0.256 e. The summed E-state index contributed by atoms with van der Waals surface area (Å²) in [6, 6.07) is 10.5. The van der Waals surface area contributed by atoms with Gasteiger partial charge in [-0.2, -0.15) is 0 Å². The van der Waals surface area contributed by atoms with Gasteiger partial charge in [-0.1, -0.05) is 24.3 Å². The molecule has 9 heteroatoms. The first-order valence-corrected chi connectivity index (χ1v) is 10.6. The topological polar surface area (TPSA) is 116 Å². The second kappa shape index (κ2) is 8.74. The molecule has 0 fully saturated rings. The molecule has 30 heavy (non-hydrogen) atoms. The Morgan fingerprint density at radius 1 is 1.30 bits per heavy atom. The van der Waals surface area contributed by atoms with Crippen molar-refractivity contribution in [2.24, 2.45) is 5.73 Å². The van der Waals surface area contributed by atoms with Crippen LogP contribution in [0.1, 0.15) is 47.4 Å². The summed E-state index contributed by atoms with van der Waals surface area (Å²) in [4.78, 5) is 26.8. The number of hydrogen-bond acceptors (Lipinski definition) is 6. The number of methoxy groups -OCH3 is 1. The lowest BCUT2D eigenvalue weighted by molar-refractivity contribution is -0.123. The van der Waals surface area contributed by atoms with Crippen LogP contribution in [-0.4, -0.2) is 44.1 Å². The predicted molar refractivity (Wildman–Crippen MR) is 110 cm³/mol. The van der Waals surface area contributed by atoms with Crippen molar-refractivity contribution in [1.29, 1.82) is 0 Å². The SMILES string of the molecule is CCOc1cc([C@@H](C(C)[SH](=O)=O)N2C(=O)c3[c]cccc3C2C(N)=O)ccc1OC. The normalized spacial score (nSPS) is 17.5. The molecule has 1 radical (unpaired) electrons. The number of hydrogen-bond donors (Lipinski definition) is 2. The Morgan fingerprint density at radius 3 is 2.63 bits per heavy atom. The van der Waals surface area contributed by atoms with E-state index in [1.165, 1.54) is 18.9 Å². The zero-order chi connectivity index (χ0) is 22.0. The van der Waals surface area contributed by atoms with Crippen LogP contribution in [0.25, 0.3) is 0 Å². The van der Waals surface area contributed by atoms with Crippen molar-refractivity contribution in [3.63, 3.8) is 0 Å². The average molecular weight is 431 g/mol. The van der Waals surface area contributed by atoms with Crippen LogP contribution in [0.15, 0.2) is 36.4 Å².